The van der Waals surface area contributed by atoms with Gasteiger partial charge in [-0.25, -0.2) is 14.5 Å². The molecule has 0 radical (unpaired) electrons. The van der Waals surface area contributed by atoms with Gasteiger partial charge in [0.15, 0.2) is 11.0 Å². The fourth-order valence-electron chi connectivity index (χ4n) is 5.24. The number of hydrogen-bond donors (Lipinski definition) is 1. The van der Waals surface area contributed by atoms with Crippen LogP contribution in [0.1, 0.15) is 44.7 Å². The molecule has 0 bridgehead atoms. The molecule has 2 heterocycles. The van der Waals surface area contributed by atoms with Crippen LogP contribution >= 0.6 is 11.8 Å². The average Bonchev–Trinajstić information content (AvgIpc) is 3.70. The quantitative estimate of drug-likeness (QED) is 0.184. The van der Waals surface area contributed by atoms with Crippen molar-refractivity contribution in [1.82, 2.24) is 20.1 Å². The maximum atomic E-state index is 13.0. The number of ether oxygens (including phenoxy) is 2. The van der Waals surface area contributed by atoms with Gasteiger partial charge >= 0.3 is 12.4 Å². The summed E-state index contributed by atoms with van der Waals surface area (Å²) in [6.07, 6.45) is -2.54. The van der Waals surface area contributed by atoms with Gasteiger partial charge in [0.25, 0.3) is 0 Å². The van der Waals surface area contributed by atoms with Gasteiger partial charge < -0.3 is 19.7 Å². The fourth-order valence-corrected chi connectivity index (χ4v) is 6.19. The van der Waals surface area contributed by atoms with E-state index in [9.17, 15) is 18.0 Å². The molecule has 1 aromatic heterocycles. The number of methoxy groups -OCH3 is 1. The molecule has 1 aliphatic rings. The van der Waals surface area contributed by atoms with Crippen molar-refractivity contribution < 1.29 is 27.4 Å². The molecule has 1 N–H and O–H groups in total. The van der Waals surface area contributed by atoms with E-state index >= 15 is 0 Å². The average molecular weight is 667 g/mol. The minimum atomic E-state index is -4.75. The van der Waals surface area contributed by atoms with Crippen molar-refractivity contribution in [3.63, 3.8) is 0 Å². The number of amides is 2. The van der Waals surface area contributed by atoms with E-state index in [0.29, 0.717) is 35.6 Å². The Morgan fingerprint density at radius 1 is 1.04 bits per heavy atom. The second-order valence-corrected chi connectivity index (χ2v) is 13.3. The highest BCUT2D eigenvalue weighted by Crippen LogP contribution is 2.35. The molecule has 248 valence electrons. The highest BCUT2D eigenvalue weighted by Gasteiger charge is 2.31. The number of thioether (sulfide) groups is 1. The van der Waals surface area contributed by atoms with E-state index in [2.05, 4.69) is 63.8 Å². The summed E-state index contributed by atoms with van der Waals surface area (Å²) in [6.45, 7) is 9.66. The van der Waals surface area contributed by atoms with Gasteiger partial charge in [-0.2, -0.15) is 4.99 Å². The van der Waals surface area contributed by atoms with Crippen LogP contribution < -0.4 is 19.7 Å². The number of urea groups is 1. The van der Waals surface area contributed by atoms with Crippen molar-refractivity contribution in [2.75, 3.05) is 30.9 Å². The van der Waals surface area contributed by atoms with E-state index in [4.69, 9.17) is 4.74 Å². The third-order valence-corrected chi connectivity index (χ3v) is 8.52. The van der Waals surface area contributed by atoms with Crippen LogP contribution in [0.3, 0.4) is 0 Å². The van der Waals surface area contributed by atoms with Gasteiger partial charge in [0.2, 0.25) is 0 Å². The van der Waals surface area contributed by atoms with E-state index < -0.39 is 6.36 Å². The van der Waals surface area contributed by atoms with E-state index in [1.807, 2.05) is 36.4 Å². The number of rotatable bonds is 10. The molecule has 1 aliphatic heterocycles. The van der Waals surface area contributed by atoms with Crippen LogP contribution in [-0.4, -0.2) is 58.3 Å². The molecule has 9 nitrogen and oxygen atoms in total. The molecular weight excluding hydrogens is 629 g/mol. The second kappa shape index (κ2) is 14.1. The first kappa shape index (κ1) is 33.8. The zero-order chi connectivity index (χ0) is 33.8. The molecule has 13 heteroatoms. The topological polar surface area (TPSA) is 93.9 Å². The molecule has 1 saturated heterocycles. The van der Waals surface area contributed by atoms with Gasteiger partial charge in [-0.3, -0.25) is 0 Å². The van der Waals surface area contributed by atoms with Gasteiger partial charge in [0, 0.05) is 36.2 Å². The van der Waals surface area contributed by atoms with Crippen molar-refractivity contribution >= 4 is 28.6 Å². The Morgan fingerprint density at radius 3 is 2.40 bits per heavy atom. The highest BCUT2D eigenvalue weighted by molar-refractivity contribution is 8.14. The van der Waals surface area contributed by atoms with E-state index in [0.717, 1.165) is 34.9 Å². The number of carbonyl (C=O) groups is 1. The number of amidine groups is 1. The van der Waals surface area contributed by atoms with Crippen LogP contribution in [0.2, 0.25) is 0 Å². The SMILES string of the molecule is COc1ccc(C(C)C)c(N2CCSC2=NC(=O)NCC(C)(C)Cc2ccc(-c3ncn(-c4ccc(OC(F)(F)F)cc4)n3)cc2)c1. The number of halogens is 3. The zero-order valence-corrected chi connectivity index (χ0v) is 27.7. The Bertz CT molecular complexity index is 1720. The van der Waals surface area contributed by atoms with Crippen LogP contribution in [0.4, 0.5) is 23.7 Å². The Morgan fingerprint density at radius 2 is 1.74 bits per heavy atom. The number of anilines is 1. The Balaban J connectivity index is 1.18. The molecule has 0 aliphatic carbocycles. The van der Waals surface area contributed by atoms with Crippen molar-refractivity contribution in [1.29, 1.82) is 0 Å². The normalized spacial score (nSPS) is 14.6. The molecule has 0 atom stereocenters. The first-order chi connectivity index (χ1) is 22.3. The first-order valence-corrected chi connectivity index (χ1v) is 16.1. The first-order valence-electron chi connectivity index (χ1n) is 15.1. The molecule has 0 spiro atoms. The summed E-state index contributed by atoms with van der Waals surface area (Å²) in [5.41, 5.74) is 4.35. The monoisotopic (exact) mass is 666 g/mol. The van der Waals surface area contributed by atoms with Gasteiger partial charge in [-0.1, -0.05) is 69.8 Å². The van der Waals surface area contributed by atoms with Crippen molar-refractivity contribution in [2.45, 2.75) is 46.4 Å². The number of benzene rings is 3. The molecule has 0 saturated carbocycles. The molecule has 4 aromatic rings. The smallest absolute Gasteiger partial charge is 0.497 e. The lowest BCUT2D eigenvalue weighted by Gasteiger charge is -2.25. The van der Waals surface area contributed by atoms with E-state index in [1.54, 1.807) is 18.9 Å². The van der Waals surface area contributed by atoms with Crippen LogP contribution in [0, 0.1) is 5.41 Å². The zero-order valence-electron chi connectivity index (χ0n) is 26.8. The van der Waals surface area contributed by atoms with Crippen molar-refractivity contribution in [2.24, 2.45) is 10.4 Å². The fraction of sp³-hybridized carbons (Fsp3) is 0.353. The summed E-state index contributed by atoms with van der Waals surface area (Å²) in [5.74, 6) is 2.07. The number of nitrogens with one attached hydrogen (secondary N) is 1. The maximum absolute atomic E-state index is 13.0. The molecule has 3 aromatic carbocycles. The number of alkyl halides is 3. The van der Waals surface area contributed by atoms with E-state index in [1.165, 1.54) is 40.8 Å². The third-order valence-electron chi connectivity index (χ3n) is 7.56. The molecule has 1 fully saturated rings. The van der Waals surface area contributed by atoms with Crippen molar-refractivity contribution in [3.05, 3.63) is 84.2 Å². The van der Waals surface area contributed by atoms with Crippen LogP contribution in [0.15, 0.2) is 78.0 Å². The lowest BCUT2D eigenvalue weighted by molar-refractivity contribution is -0.274. The lowest BCUT2D eigenvalue weighted by atomic mass is 9.85. The van der Waals surface area contributed by atoms with Gasteiger partial charge in [0.1, 0.15) is 17.8 Å². The molecule has 5 rings (SSSR count). The van der Waals surface area contributed by atoms with Gasteiger partial charge in [0.05, 0.1) is 12.8 Å². The number of aromatic nitrogens is 3. The largest absolute Gasteiger partial charge is 0.573 e. The highest BCUT2D eigenvalue weighted by atomic mass is 32.2. The molecular formula is C34H37F3N6O3S. The van der Waals surface area contributed by atoms with Crippen LogP contribution in [0.5, 0.6) is 11.5 Å². The summed E-state index contributed by atoms with van der Waals surface area (Å²) in [5, 5.41) is 8.14. The van der Waals surface area contributed by atoms with Gasteiger partial charge in [-0.05, 0) is 59.2 Å². The Hall–Kier alpha value is -4.52. The molecule has 47 heavy (non-hydrogen) atoms. The van der Waals surface area contributed by atoms with E-state index in [-0.39, 0.29) is 17.2 Å². The molecule has 0 unspecified atom stereocenters. The predicted molar refractivity (Wildman–Crippen MR) is 179 cm³/mol. The minimum Gasteiger partial charge on any atom is -0.497 e. The summed E-state index contributed by atoms with van der Waals surface area (Å²) in [4.78, 5) is 23.8. The second-order valence-electron chi connectivity index (χ2n) is 12.2. The minimum absolute atomic E-state index is 0.251. The number of hydrogen-bond acceptors (Lipinski definition) is 6. The number of carbonyl (C=O) groups excluding carboxylic acids is 1. The van der Waals surface area contributed by atoms with Crippen molar-refractivity contribution in [3.8, 4) is 28.6 Å². The maximum Gasteiger partial charge on any atom is 0.573 e. The van der Waals surface area contributed by atoms with Crippen LogP contribution in [-0.2, 0) is 6.42 Å². The Labute approximate surface area is 276 Å². The predicted octanol–water partition coefficient (Wildman–Crippen LogP) is 7.85. The number of aliphatic imine (C=N–C) groups is 1. The summed E-state index contributed by atoms with van der Waals surface area (Å²) < 4.78 is 48.2. The Kier molecular flexibility index (Phi) is 10.1. The summed E-state index contributed by atoms with van der Waals surface area (Å²) in [7, 11) is 1.65. The lowest BCUT2D eigenvalue weighted by Crippen LogP contribution is -2.35. The summed E-state index contributed by atoms with van der Waals surface area (Å²) >= 11 is 1.57. The van der Waals surface area contributed by atoms with Gasteiger partial charge in [-0.15, -0.1) is 18.3 Å². The summed E-state index contributed by atoms with van der Waals surface area (Å²) in [6, 6.07) is 18.9. The van der Waals surface area contributed by atoms with Crippen LogP contribution in [0.25, 0.3) is 17.1 Å². The molecule has 2 amide bonds. The third kappa shape index (κ3) is 8.85. The standard InChI is InChI=1S/C34H37F3N6O3S/c1-22(2)28-15-14-27(45-5)18-29(28)42-16-17-47-32(42)40-31(44)38-20-33(3,4)19-23-6-8-24(9-7-23)30-39-21-43(41-30)25-10-12-26(13-11-25)46-34(35,36)37/h6-15,18,21-22H,16-17,19-20H2,1-5H3,(H,38,44). The number of nitrogens with zero attached hydrogens (tertiary/aromatic N) is 5.